The first-order chi connectivity index (χ1) is 29.2. The van der Waals surface area contributed by atoms with Crippen LogP contribution in [-0.4, -0.2) is 48.6 Å². The Morgan fingerprint density at radius 1 is 0.339 bits per heavy atom. The largest absolute Gasteiger partial charge is 0.457 e. The van der Waals surface area contributed by atoms with E-state index in [9.17, 15) is 0 Å². The van der Waals surface area contributed by atoms with Crippen LogP contribution >= 0.6 is 0 Å². The van der Waals surface area contributed by atoms with Crippen molar-refractivity contribution in [1.29, 1.82) is 0 Å². The fraction of sp³-hybridized carbons (Fsp3) is 0. The van der Waals surface area contributed by atoms with Crippen molar-refractivity contribution in [3.63, 3.8) is 0 Å². The van der Waals surface area contributed by atoms with E-state index in [0.717, 1.165) is 77.1 Å². The first-order valence-electron chi connectivity index (χ1n) is 18.9. The van der Waals surface area contributed by atoms with Gasteiger partial charge in [0.2, 0.25) is 5.95 Å². The van der Waals surface area contributed by atoms with E-state index >= 15 is 0 Å². The van der Waals surface area contributed by atoms with Gasteiger partial charge in [0.25, 0.3) is 0 Å². The minimum Gasteiger partial charge on any atom is -0.457 e. The third-order valence-electron chi connectivity index (χ3n) is 10.7. The van der Waals surface area contributed by atoms with Gasteiger partial charge in [-0.25, -0.2) is 24.9 Å². The fourth-order valence-electron chi connectivity index (χ4n) is 8.28. The normalized spacial score (nSPS) is 11.7. The molecule has 12 heteroatoms. The highest BCUT2D eigenvalue weighted by atomic mass is 16.5. The van der Waals surface area contributed by atoms with E-state index in [0.29, 0.717) is 28.9 Å². The average molecular weight is 765 g/mol. The number of ether oxygens (including phenoxy) is 2. The molecule has 0 saturated heterocycles. The van der Waals surface area contributed by atoms with Crippen LogP contribution in [0, 0.1) is 0 Å². The van der Waals surface area contributed by atoms with Crippen LogP contribution in [0.1, 0.15) is 0 Å². The van der Waals surface area contributed by atoms with E-state index in [1.165, 1.54) is 12.7 Å². The smallest absolute Gasteiger partial charge is 0.237 e. The molecule has 12 rings (SSSR count). The molecule has 278 valence electrons. The van der Waals surface area contributed by atoms with Crippen LogP contribution in [0.15, 0.2) is 171 Å². The second kappa shape index (κ2) is 13.0. The lowest BCUT2D eigenvalue weighted by molar-refractivity contribution is 0.484. The van der Waals surface area contributed by atoms with Gasteiger partial charge in [0, 0.05) is 81.4 Å². The van der Waals surface area contributed by atoms with E-state index in [4.69, 9.17) is 9.47 Å². The molecule has 0 aliphatic heterocycles. The Balaban J connectivity index is 0.955. The Morgan fingerprint density at radius 2 is 0.729 bits per heavy atom. The van der Waals surface area contributed by atoms with Crippen molar-refractivity contribution < 1.29 is 9.47 Å². The molecule has 0 fully saturated rings. The topological polar surface area (TPSA) is 123 Å². The molecule has 0 radical (unpaired) electrons. The number of para-hydroxylation sites is 2. The van der Waals surface area contributed by atoms with Crippen molar-refractivity contribution in [3.05, 3.63) is 171 Å². The lowest BCUT2D eigenvalue weighted by Gasteiger charge is -2.10. The second-order valence-electron chi connectivity index (χ2n) is 14.0. The monoisotopic (exact) mass is 764 g/mol. The summed E-state index contributed by atoms with van der Waals surface area (Å²) >= 11 is 0. The number of hydrogen-bond acceptors (Lipinski definition) is 9. The zero-order chi connectivity index (χ0) is 38.9. The van der Waals surface area contributed by atoms with E-state index in [-0.39, 0.29) is 0 Å². The Bertz CT molecular complexity index is 3350. The predicted octanol–water partition coefficient (Wildman–Crippen LogP) is 10.3. The molecule has 6 heterocycles. The Morgan fingerprint density at radius 3 is 1.14 bits per heavy atom. The maximum atomic E-state index is 6.62. The van der Waals surface area contributed by atoms with Gasteiger partial charge in [0.15, 0.2) is 11.6 Å². The van der Waals surface area contributed by atoms with Crippen LogP contribution in [0.2, 0.25) is 0 Å². The Hall–Kier alpha value is -8.51. The standard InChI is InChI=1S/C47H28N10O2/c1-3-7-39-33(5-1)35-13-9-29(21-41(35)55(39)45-25-48-17-19-51-45)58-31-11-15-37-38-16-12-32(24-44(38)57(43(37)23-31)47-53-27-50-28-54-47)59-30-10-14-36-34-6-2-4-8-40(34)56(42(36)22-30)46-26-49-18-20-52-46/h1-28H. The maximum Gasteiger partial charge on any atom is 0.237 e. The molecule has 0 unspecified atom stereocenters. The summed E-state index contributed by atoms with van der Waals surface area (Å²) in [5.74, 6) is 4.60. The second-order valence-corrected chi connectivity index (χ2v) is 14.0. The van der Waals surface area contributed by atoms with E-state index in [1.807, 2.05) is 77.4 Å². The summed E-state index contributed by atoms with van der Waals surface area (Å²) in [6, 6.07) is 41.0. The van der Waals surface area contributed by atoms with Gasteiger partial charge in [0.05, 0.1) is 45.5 Å². The highest BCUT2D eigenvalue weighted by Gasteiger charge is 2.19. The molecule has 0 N–H and O–H groups in total. The van der Waals surface area contributed by atoms with E-state index in [2.05, 4.69) is 92.6 Å². The number of hydrogen-bond donors (Lipinski definition) is 0. The van der Waals surface area contributed by atoms with Gasteiger partial charge in [-0.15, -0.1) is 0 Å². The third kappa shape index (κ3) is 5.27. The van der Waals surface area contributed by atoms with Crippen molar-refractivity contribution >= 4 is 65.4 Å². The molecule has 0 saturated carbocycles. The van der Waals surface area contributed by atoms with Gasteiger partial charge in [-0.1, -0.05) is 36.4 Å². The summed E-state index contributed by atoms with van der Waals surface area (Å²) in [6.45, 7) is 0. The van der Waals surface area contributed by atoms with Crippen molar-refractivity contribution in [3.8, 4) is 40.6 Å². The molecule has 6 aromatic carbocycles. The van der Waals surface area contributed by atoms with Crippen molar-refractivity contribution in [2.24, 2.45) is 0 Å². The van der Waals surface area contributed by atoms with Crippen LogP contribution < -0.4 is 9.47 Å². The number of benzene rings is 6. The molecular weight excluding hydrogens is 737 g/mol. The van der Waals surface area contributed by atoms with Gasteiger partial charge in [-0.2, -0.15) is 0 Å². The van der Waals surface area contributed by atoms with Crippen LogP contribution in [0.4, 0.5) is 0 Å². The molecule has 12 nitrogen and oxygen atoms in total. The number of rotatable bonds is 7. The Labute approximate surface area is 334 Å². The summed E-state index contributed by atoms with van der Waals surface area (Å²) in [4.78, 5) is 31.1. The number of aromatic nitrogens is 10. The summed E-state index contributed by atoms with van der Waals surface area (Å²) in [7, 11) is 0. The number of nitrogens with zero attached hydrogens (tertiary/aromatic N) is 10. The van der Waals surface area contributed by atoms with Gasteiger partial charge in [-0.3, -0.25) is 23.7 Å². The lowest BCUT2D eigenvalue weighted by atomic mass is 10.1. The summed E-state index contributed by atoms with van der Waals surface area (Å²) in [6.07, 6.45) is 13.3. The van der Waals surface area contributed by atoms with Crippen LogP contribution in [0.25, 0.3) is 83.0 Å². The van der Waals surface area contributed by atoms with Crippen molar-refractivity contribution in [1.82, 2.24) is 48.6 Å². The molecule has 12 aromatic rings. The zero-order valence-corrected chi connectivity index (χ0v) is 31.0. The third-order valence-corrected chi connectivity index (χ3v) is 10.7. The highest BCUT2D eigenvalue weighted by Crippen LogP contribution is 2.40. The minimum absolute atomic E-state index is 0.471. The molecule has 0 bridgehead atoms. The quantitative estimate of drug-likeness (QED) is 0.156. The summed E-state index contributed by atoms with van der Waals surface area (Å²) in [5.41, 5.74) is 5.74. The van der Waals surface area contributed by atoms with Crippen LogP contribution in [-0.2, 0) is 0 Å². The first-order valence-corrected chi connectivity index (χ1v) is 18.9. The fourth-order valence-corrected chi connectivity index (χ4v) is 8.28. The molecular formula is C47H28N10O2. The van der Waals surface area contributed by atoms with Gasteiger partial charge < -0.3 is 9.47 Å². The zero-order valence-electron chi connectivity index (χ0n) is 31.0. The van der Waals surface area contributed by atoms with E-state index < -0.39 is 0 Å². The summed E-state index contributed by atoms with van der Waals surface area (Å²) < 4.78 is 19.5. The van der Waals surface area contributed by atoms with Gasteiger partial charge in [0.1, 0.15) is 35.7 Å². The maximum absolute atomic E-state index is 6.62. The van der Waals surface area contributed by atoms with E-state index in [1.54, 1.807) is 37.2 Å². The van der Waals surface area contributed by atoms with Crippen LogP contribution in [0.5, 0.6) is 23.0 Å². The predicted molar refractivity (Wildman–Crippen MR) is 227 cm³/mol. The van der Waals surface area contributed by atoms with Crippen LogP contribution in [0.3, 0.4) is 0 Å². The number of fused-ring (bicyclic) bond motifs is 9. The molecule has 0 spiro atoms. The average Bonchev–Trinajstić information content (AvgIpc) is 3.92. The first kappa shape index (κ1) is 32.7. The summed E-state index contributed by atoms with van der Waals surface area (Å²) in [5, 5.41) is 6.44. The van der Waals surface area contributed by atoms with Gasteiger partial charge in [-0.05, 0) is 60.7 Å². The molecule has 6 aromatic heterocycles. The van der Waals surface area contributed by atoms with Crippen molar-refractivity contribution in [2.45, 2.75) is 0 Å². The molecule has 59 heavy (non-hydrogen) atoms. The minimum atomic E-state index is 0.471. The molecule has 0 aliphatic carbocycles. The molecule has 0 aliphatic rings. The molecule has 0 atom stereocenters. The van der Waals surface area contributed by atoms with Crippen molar-refractivity contribution in [2.75, 3.05) is 0 Å². The molecule has 0 amide bonds. The van der Waals surface area contributed by atoms with Gasteiger partial charge >= 0.3 is 0 Å². The Kier molecular flexibility index (Phi) is 7.22. The highest BCUT2D eigenvalue weighted by molar-refractivity contribution is 6.11. The lowest BCUT2D eigenvalue weighted by Crippen LogP contribution is -2.01. The SMILES string of the molecule is c1ccc2c(c1)c1ccc(Oc3ccc4c5ccc(Oc6ccc7c8ccccc8n(-c8cnccn8)c7c6)cc5n(-c5ncncn5)c4c3)cc1n2-c1cnccn1.